The minimum Gasteiger partial charge on any atom is -0.320 e. The zero-order chi connectivity index (χ0) is 13.1. The molecular weight excluding hydrogens is 276 g/mol. The highest BCUT2D eigenvalue weighted by Gasteiger charge is 2.11. The quantitative estimate of drug-likeness (QED) is 0.786. The molecule has 1 aromatic carbocycles. The lowest BCUT2D eigenvalue weighted by Gasteiger charge is -2.08. The summed E-state index contributed by atoms with van der Waals surface area (Å²) < 4.78 is 0. The smallest absolute Gasteiger partial charge is 0.275 e. The first-order valence-corrected chi connectivity index (χ1v) is 7.49. The molecule has 2 aromatic heterocycles. The molecule has 0 saturated carbocycles. The van der Waals surface area contributed by atoms with Crippen LogP contribution in [0.5, 0.6) is 0 Å². The van der Waals surface area contributed by atoms with E-state index in [0.29, 0.717) is 5.69 Å². The highest BCUT2D eigenvalue weighted by Crippen LogP contribution is 2.31. The highest BCUT2D eigenvalue weighted by atomic mass is 32.1. The van der Waals surface area contributed by atoms with Crippen molar-refractivity contribution in [2.24, 2.45) is 0 Å². The fourth-order valence-electron chi connectivity index (χ4n) is 1.75. The Kier molecular flexibility index (Phi) is 3.39. The lowest BCUT2D eigenvalue weighted by atomic mass is 10.1. The maximum atomic E-state index is 12.0. The van der Waals surface area contributed by atoms with Gasteiger partial charge >= 0.3 is 0 Å². The van der Waals surface area contributed by atoms with Gasteiger partial charge in [-0.25, -0.2) is 4.98 Å². The van der Waals surface area contributed by atoms with Crippen LogP contribution in [0.15, 0.2) is 52.7 Å². The molecule has 19 heavy (non-hydrogen) atoms. The number of rotatable bonds is 3. The van der Waals surface area contributed by atoms with E-state index in [-0.39, 0.29) is 5.91 Å². The van der Waals surface area contributed by atoms with E-state index >= 15 is 0 Å². The minimum atomic E-state index is -0.176. The van der Waals surface area contributed by atoms with Gasteiger partial charge in [0.25, 0.3) is 5.91 Å². The minimum absolute atomic E-state index is 0.176. The number of anilines is 1. The number of carbonyl (C=O) groups excluding carboxylic acids is 1. The molecule has 0 fully saturated rings. The van der Waals surface area contributed by atoms with Crippen molar-refractivity contribution >= 4 is 34.3 Å². The summed E-state index contributed by atoms with van der Waals surface area (Å²) in [5.41, 5.74) is 3.94. The molecule has 3 rings (SSSR count). The second kappa shape index (κ2) is 5.34. The molecule has 0 unspecified atom stereocenters. The third-order valence-corrected chi connectivity index (χ3v) is 4.12. The van der Waals surface area contributed by atoms with Gasteiger partial charge in [-0.05, 0) is 17.5 Å². The Morgan fingerprint density at radius 3 is 2.79 bits per heavy atom. The van der Waals surface area contributed by atoms with E-state index in [1.807, 2.05) is 41.8 Å². The Balaban J connectivity index is 1.92. The van der Waals surface area contributed by atoms with Crippen LogP contribution in [-0.4, -0.2) is 10.9 Å². The molecule has 0 saturated heterocycles. The molecule has 94 valence electrons. The van der Waals surface area contributed by atoms with Gasteiger partial charge in [0.1, 0.15) is 5.69 Å². The average molecular weight is 286 g/mol. The molecule has 0 bridgehead atoms. The number of benzene rings is 1. The molecule has 2 heterocycles. The van der Waals surface area contributed by atoms with Gasteiger partial charge in [-0.2, -0.15) is 0 Å². The second-order valence-electron chi connectivity index (χ2n) is 3.85. The Hall–Kier alpha value is -1.98. The first-order chi connectivity index (χ1) is 9.34. The van der Waals surface area contributed by atoms with E-state index in [2.05, 4.69) is 10.3 Å². The molecule has 0 atom stereocenters. The molecule has 0 aliphatic rings. The number of hydrogen-bond acceptors (Lipinski definition) is 4. The van der Waals surface area contributed by atoms with E-state index in [1.165, 1.54) is 11.3 Å². The maximum absolute atomic E-state index is 12.0. The van der Waals surface area contributed by atoms with Crippen molar-refractivity contribution in [3.63, 3.8) is 0 Å². The predicted molar refractivity (Wildman–Crippen MR) is 79.8 cm³/mol. The van der Waals surface area contributed by atoms with Crippen LogP contribution in [0.25, 0.3) is 10.4 Å². The standard InChI is InChI=1S/C14H10N2OS2/c17-14(12-8-18-9-15-12)16-11-5-2-1-4-10(11)13-6-3-7-19-13/h1-9H,(H,16,17). The topological polar surface area (TPSA) is 42.0 Å². The Morgan fingerprint density at radius 1 is 1.16 bits per heavy atom. The van der Waals surface area contributed by atoms with Crippen molar-refractivity contribution in [2.75, 3.05) is 5.32 Å². The maximum Gasteiger partial charge on any atom is 0.275 e. The van der Waals surface area contributed by atoms with E-state index in [1.54, 1.807) is 22.2 Å². The van der Waals surface area contributed by atoms with Gasteiger partial charge in [-0.1, -0.05) is 24.3 Å². The summed E-state index contributed by atoms with van der Waals surface area (Å²) in [5, 5.41) is 6.67. The van der Waals surface area contributed by atoms with Gasteiger partial charge in [-0.15, -0.1) is 22.7 Å². The van der Waals surface area contributed by atoms with Crippen molar-refractivity contribution in [3.8, 4) is 10.4 Å². The third kappa shape index (κ3) is 2.57. The number of hydrogen-bond donors (Lipinski definition) is 1. The largest absolute Gasteiger partial charge is 0.320 e. The highest BCUT2D eigenvalue weighted by molar-refractivity contribution is 7.13. The Labute approximate surface area is 118 Å². The lowest BCUT2D eigenvalue weighted by molar-refractivity contribution is 0.102. The zero-order valence-corrected chi connectivity index (χ0v) is 11.5. The number of thiophene rings is 1. The van der Waals surface area contributed by atoms with E-state index < -0.39 is 0 Å². The first kappa shape index (κ1) is 12.1. The summed E-state index contributed by atoms with van der Waals surface area (Å²) in [6, 6.07) is 11.8. The fraction of sp³-hybridized carbons (Fsp3) is 0. The average Bonchev–Trinajstić information content (AvgIpc) is 3.13. The van der Waals surface area contributed by atoms with Crippen molar-refractivity contribution < 1.29 is 4.79 Å². The molecule has 0 radical (unpaired) electrons. The summed E-state index contributed by atoms with van der Waals surface area (Å²) in [7, 11) is 0. The summed E-state index contributed by atoms with van der Waals surface area (Å²) in [5.74, 6) is -0.176. The number of thiazole rings is 1. The van der Waals surface area contributed by atoms with Crippen molar-refractivity contribution in [2.45, 2.75) is 0 Å². The molecule has 5 heteroatoms. The zero-order valence-electron chi connectivity index (χ0n) is 9.87. The van der Waals surface area contributed by atoms with Gasteiger partial charge in [-0.3, -0.25) is 4.79 Å². The van der Waals surface area contributed by atoms with E-state index in [9.17, 15) is 4.79 Å². The number of amides is 1. The summed E-state index contributed by atoms with van der Waals surface area (Å²) in [4.78, 5) is 17.2. The third-order valence-electron chi connectivity index (χ3n) is 2.63. The van der Waals surface area contributed by atoms with Crippen LogP contribution in [0, 0.1) is 0 Å². The van der Waals surface area contributed by atoms with Crippen LogP contribution in [0.1, 0.15) is 10.5 Å². The van der Waals surface area contributed by atoms with Crippen LogP contribution in [0.4, 0.5) is 5.69 Å². The van der Waals surface area contributed by atoms with Crippen molar-refractivity contribution in [3.05, 3.63) is 58.4 Å². The molecule has 3 nitrogen and oxygen atoms in total. The molecule has 1 amide bonds. The molecule has 0 spiro atoms. The van der Waals surface area contributed by atoms with Crippen molar-refractivity contribution in [1.82, 2.24) is 4.98 Å². The molecule has 0 aliphatic carbocycles. The van der Waals surface area contributed by atoms with Crippen LogP contribution < -0.4 is 5.32 Å². The van der Waals surface area contributed by atoms with E-state index in [4.69, 9.17) is 0 Å². The van der Waals surface area contributed by atoms with Gasteiger partial charge in [0, 0.05) is 21.5 Å². The molecule has 1 N–H and O–H groups in total. The second-order valence-corrected chi connectivity index (χ2v) is 5.52. The number of carbonyl (C=O) groups is 1. The molecular formula is C14H10N2OS2. The number of nitrogens with zero attached hydrogens (tertiary/aromatic N) is 1. The summed E-state index contributed by atoms with van der Waals surface area (Å²) >= 11 is 3.06. The first-order valence-electron chi connectivity index (χ1n) is 5.67. The molecule has 3 aromatic rings. The normalized spacial score (nSPS) is 10.3. The molecule has 0 aliphatic heterocycles. The summed E-state index contributed by atoms with van der Waals surface area (Å²) in [6.45, 7) is 0. The van der Waals surface area contributed by atoms with Gasteiger partial charge in [0.2, 0.25) is 0 Å². The van der Waals surface area contributed by atoms with Crippen LogP contribution in [-0.2, 0) is 0 Å². The fourth-order valence-corrected chi connectivity index (χ4v) is 3.05. The monoisotopic (exact) mass is 286 g/mol. The number of nitrogens with one attached hydrogen (secondary N) is 1. The van der Waals surface area contributed by atoms with Crippen molar-refractivity contribution in [1.29, 1.82) is 0 Å². The number of para-hydroxylation sites is 1. The van der Waals surface area contributed by atoms with Crippen LogP contribution in [0.3, 0.4) is 0 Å². The Bertz CT molecular complexity index is 675. The lowest BCUT2D eigenvalue weighted by Crippen LogP contribution is -2.12. The predicted octanol–water partition coefficient (Wildman–Crippen LogP) is 4.12. The van der Waals surface area contributed by atoms with Crippen LogP contribution >= 0.6 is 22.7 Å². The SMILES string of the molecule is O=C(Nc1ccccc1-c1cccs1)c1cscn1. The van der Waals surface area contributed by atoms with Crippen LogP contribution in [0.2, 0.25) is 0 Å². The number of aromatic nitrogens is 1. The summed E-state index contributed by atoms with van der Waals surface area (Å²) in [6.07, 6.45) is 0. The Morgan fingerprint density at radius 2 is 2.05 bits per heavy atom. The van der Waals surface area contributed by atoms with E-state index in [0.717, 1.165) is 16.1 Å². The van der Waals surface area contributed by atoms with Gasteiger partial charge in [0.15, 0.2) is 0 Å². The van der Waals surface area contributed by atoms with Gasteiger partial charge in [0.05, 0.1) is 5.51 Å². The van der Waals surface area contributed by atoms with Gasteiger partial charge < -0.3 is 5.32 Å².